The first kappa shape index (κ1) is 18.7. The standard InChI is InChI=1S/C22H21ClN2O3/c23-16-7-5-15(6-8-16)14-25-11-9-17(10-12-25)24-22(27)21-13-19(26)18-3-1-2-4-20(18)28-21/h1-8,13,17H,9-12,14H2,(H,24,27). The highest BCUT2D eigenvalue weighted by Crippen LogP contribution is 2.17. The SMILES string of the molecule is O=C(NC1CCN(Cc2ccc(Cl)cc2)CC1)c1cc(=O)c2ccccc2o1. The first-order chi connectivity index (χ1) is 13.6. The van der Waals surface area contributed by atoms with Gasteiger partial charge in [0.2, 0.25) is 0 Å². The van der Waals surface area contributed by atoms with Crippen LogP contribution in [0.25, 0.3) is 11.0 Å². The first-order valence-corrected chi connectivity index (χ1v) is 9.77. The second-order valence-corrected chi connectivity index (χ2v) is 7.56. The minimum absolute atomic E-state index is 0.0623. The molecular weight excluding hydrogens is 376 g/mol. The average Bonchev–Trinajstić information content (AvgIpc) is 2.71. The van der Waals surface area contributed by atoms with Gasteiger partial charge in [-0.1, -0.05) is 35.9 Å². The van der Waals surface area contributed by atoms with E-state index in [9.17, 15) is 9.59 Å². The van der Waals surface area contributed by atoms with Gasteiger partial charge >= 0.3 is 0 Å². The van der Waals surface area contributed by atoms with Crippen molar-refractivity contribution in [3.63, 3.8) is 0 Å². The molecule has 0 bridgehead atoms. The van der Waals surface area contributed by atoms with Crippen LogP contribution in [0.5, 0.6) is 0 Å². The molecule has 0 aliphatic carbocycles. The molecule has 6 heteroatoms. The largest absolute Gasteiger partial charge is 0.451 e. The Hall–Kier alpha value is -2.63. The number of nitrogens with one attached hydrogen (secondary N) is 1. The number of halogens is 1. The van der Waals surface area contributed by atoms with Gasteiger partial charge in [0, 0.05) is 36.8 Å². The molecule has 1 fully saturated rings. The van der Waals surface area contributed by atoms with E-state index < -0.39 is 0 Å². The Labute approximate surface area is 167 Å². The van der Waals surface area contributed by atoms with Crippen LogP contribution < -0.4 is 10.7 Å². The number of nitrogens with zero attached hydrogens (tertiary/aromatic N) is 1. The molecule has 144 valence electrons. The van der Waals surface area contributed by atoms with Gasteiger partial charge in [-0.05, 0) is 42.7 Å². The Kier molecular flexibility index (Phi) is 5.46. The number of carbonyl (C=O) groups excluding carboxylic acids is 1. The van der Waals surface area contributed by atoms with Crippen LogP contribution in [0.2, 0.25) is 5.02 Å². The minimum atomic E-state index is -0.334. The van der Waals surface area contributed by atoms with Gasteiger partial charge in [0.25, 0.3) is 5.91 Å². The minimum Gasteiger partial charge on any atom is -0.451 e. The number of piperidine rings is 1. The quantitative estimate of drug-likeness (QED) is 0.727. The van der Waals surface area contributed by atoms with Crippen LogP contribution >= 0.6 is 11.6 Å². The van der Waals surface area contributed by atoms with Crippen molar-refractivity contribution in [2.75, 3.05) is 13.1 Å². The van der Waals surface area contributed by atoms with Crippen molar-refractivity contribution < 1.29 is 9.21 Å². The van der Waals surface area contributed by atoms with E-state index in [2.05, 4.69) is 10.2 Å². The molecule has 1 amide bonds. The molecule has 3 aromatic rings. The Morgan fingerprint density at radius 1 is 1.11 bits per heavy atom. The number of hydrogen-bond acceptors (Lipinski definition) is 4. The topological polar surface area (TPSA) is 62.6 Å². The van der Waals surface area contributed by atoms with Crippen molar-refractivity contribution in [2.24, 2.45) is 0 Å². The van der Waals surface area contributed by atoms with Gasteiger partial charge < -0.3 is 9.73 Å². The molecule has 5 nitrogen and oxygen atoms in total. The van der Waals surface area contributed by atoms with E-state index in [4.69, 9.17) is 16.0 Å². The van der Waals surface area contributed by atoms with Crippen LogP contribution in [0, 0.1) is 0 Å². The van der Waals surface area contributed by atoms with Gasteiger partial charge in [-0.15, -0.1) is 0 Å². The summed E-state index contributed by atoms with van der Waals surface area (Å²) in [5.41, 5.74) is 1.45. The second kappa shape index (κ2) is 8.17. The smallest absolute Gasteiger partial charge is 0.287 e. The summed E-state index contributed by atoms with van der Waals surface area (Å²) < 4.78 is 5.62. The fraction of sp³-hybridized carbons (Fsp3) is 0.273. The van der Waals surface area contributed by atoms with E-state index in [0.717, 1.165) is 37.5 Å². The molecule has 0 spiro atoms. The van der Waals surface area contributed by atoms with Crippen molar-refractivity contribution in [3.05, 3.63) is 81.2 Å². The summed E-state index contributed by atoms with van der Waals surface area (Å²) >= 11 is 5.93. The third-order valence-electron chi connectivity index (χ3n) is 5.10. The highest BCUT2D eigenvalue weighted by molar-refractivity contribution is 6.30. The lowest BCUT2D eigenvalue weighted by Gasteiger charge is -2.32. The van der Waals surface area contributed by atoms with E-state index in [1.165, 1.54) is 11.6 Å². The van der Waals surface area contributed by atoms with Gasteiger partial charge in [-0.2, -0.15) is 0 Å². The summed E-state index contributed by atoms with van der Waals surface area (Å²) in [7, 11) is 0. The Bertz CT molecular complexity index is 1040. The van der Waals surface area contributed by atoms with Crippen LogP contribution in [0.15, 0.2) is 63.8 Å². The molecule has 0 unspecified atom stereocenters. The van der Waals surface area contributed by atoms with Crippen molar-refractivity contribution >= 4 is 28.5 Å². The summed E-state index contributed by atoms with van der Waals surface area (Å²) in [6, 6.07) is 16.2. The highest BCUT2D eigenvalue weighted by atomic mass is 35.5. The van der Waals surface area contributed by atoms with Gasteiger partial charge in [0.05, 0.1) is 5.39 Å². The second-order valence-electron chi connectivity index (χ2n) is 7.12. The lowest BCUT2D eigenvalue weighted by atomic mass is 10.0. The molecule has 28 heavy (non-hydrogen) atoms. The lowest BCUT2D eigenvalue weighted by molar-refractivity contribution is 0.0881. The van der Waals surface area contributed by atoms with Crippen molar-refractivity contribution in [1.29, 1.82) is 0 Å². The number of amides is 1. The van der Waals surface area contributed by atoms with Crippen LogP contribution in [-0.4, -0.2) is 29.9 Å². The summed E-state index contributed by atoms with van der Waals surface area (Å²) in [5.74, 6) is -0.272. The third kappa shape index (κ3) is 4.26. The van der Waals surface area contributed by atoms with Crippen LogP contribution in [0.1, 0.15) is 29.0 Å². The molecule has 1 aliphatic heterocycles. The van der Waals surface area contributed by atoms with E-state index >= 15 is 0 Å². The molecule has 0 saturated carbocycles. The molecule has 1 aliphatic rings. The fourth-order valence-corrected chi connectivity index (χ4v) is 3.68. The summed E-state index contributed by atoms with van der Waals surface area (Å²) in [5, 5.41) is 4.23. The van der Waals surface area contributed by atoms with Gasteiger partial charge in [-0.3, -0.25) is 14.5 Å². The monoisotopic (exact) mass is 396 g/mol. The first-order valence-electron chi connectivity index (χ1n) is 9.39. The molecule has 1 aromatic heterocycles. The molecule has 4 rings (SSSR count). The fourth-order valence-electron chi connectivity index (χ4n) is 3.56. The van der Waals surface area contributed by atoms with E-state index in [0.29, 0.717) is 11.0 Å². The maximum atomic E-state index is 12.5. The van der Waals surface area contributed by atoms with Gasteiger partial charge in [0.15, 0.2) is 11.2 Å². The summed E-state index contributed by atoms with van der Waals surface area (Å²) in [6.07, 6.45) is 1.72. The van der Waals surface area contributed by atoms with Gasteiger partial charge in [-0.25, -0.2) is 0 Å². The molecule has 1 saturated heterocycles. The third-order valence-corrected chi connectivity index (χ3v) is 5.35. The number of fused-ring (bicyclic) bond motifs is 1. The van der Waals surface area contributed by atoms with E-state index in [1.807, 2.05) is 24.3 Å². The van der Waals surface area contributed by atoms with Gasteiger partial charge in [0.1, 0.15) is 5.58 Å². The number of carbonyl (C=O) groups is 1. The summed E-state index contributed by atoms with van der Waals surface area (Å²) in [6.45, 7) is 2.67. The predicted octanol–water partition coefficient (Wildman–Crippen LogP) is 3.84. The Morgan fingerprint density at radius 2 is 1.82 bits per heavy atom. The number of hydrogen-bond donors (Lipinski definition) is 1. The molecule has 2 heterocycles. The van der Waals surface area contributed by atoms with Crippen LogP contribution in [0.3, 0.4) is 0 Å². The maximum Gasteiger partial charge on any atom is 0.287 e. The number of rotatable bonds is 4. The maximum absolute atomic E-state index is 12.5. The highest BCUT2D eigenvalue weighted by Gasteiger charge is 2.22. The molecule has 0 atom stereocenters. The van der Waals surface area contributed by atoms with Crippen molar-refractivity contribution in [3.8, 4) is 0 Å². The molecule has 2 aromatic carbocycles. The molecular formula is C22H21ClN2O3. The van der Waals surface area contributed by atoms with Crippen LogP contribution in [0.4, 0.5) is 0 Å². The van der Waals surface area contributed by atoms with Crippen molar-refractivity contribution in [2.45, 2.75) is 25.4 Å². The number of para-hydroxylation sites is 1. The average molecular weight is 397 g/mol. The zero-order valence-electron chi connectivity index (χ0n) is 15.4. The van der Waals surface area contributed by atoms with Crippen LogP contribution in [-0.2, 0) is 6.54 Å². The predicted molar refractivity (Wildman–Crippen MR) is 110 cm³/mol. The number of benzene rings is 2. The van der Waals surface area contributed by atoms with E-state index in [1.54, 1.807) is 24.3 Å². The van der Waals surface area contributed by atoms with Crippen molar-refractivity contribution in [1.82, 2.24) is 10.2 Å². The molecule has 1 N–H and O–H groups in total. The lowest BCUT2D eigenvalue weighted by Crippen LogP contribution is -2.44. The Morgan fingerprint density at radius 3 is 2.57 bits per heavy atom. The number of likely N-dealkylation sites (tertiary alicyclic amines) is 1. The zero-order chi connectivity index (χ0) is 19.5. The zero-order valence-corrected chi connectivity index (χ0v) is 16.1. The molecule has 0 radical (unpaired) electrons. The Balaban J connectivity index is 1.35. The summed E-state index contributed by atoms with van der Waals surface area (Å²) in [4.78, 5) is 27.1. The van der Waals surface area contributed by atoms with E-state index in [-0.39, 0.29) is 23.1 Å². The normalized spacial score (nSPS) is 15.6.